The van der Waals surface area contributed by atoms with Crippen molar-refractivity contribution in [2.45, 2.75) is 32.7 Å². The molecule has 1 aliphatic heterocycles. The zero-order chi connectivity index (χ0) is 20.5. The van der Waals surface area contributed by atoms with Gasteiger partial charge in [-0.25, -0.2) is 4.98 Å². The van der Waals surface area contributed by atoms with Gasteiger partial charge in [-0.1, -0.05) is 16.4 Å². The summed E-state index contributed by atoms with van der Waals surface area (Å²) in [6.07, 6.45) is 3.71. The molecule has 30 heavy (non-hydrogen) atoms. The molecule has 5 rings (SSSR count). The quantitative estimate of drug-likeness (QED) is 0.524. The van der Waals surface area contributed by atoms with Gasteiger partial charge in [-0.2, -0.15) is 4.98 Å². The van der Waals surface area contributed by atoms with Gasteiger partial charge < -0.3 is 19.3 Å². The fourth-order valence-corrected chi connectivity index (χ4v) is 3.69. The number of aryl methyl sites for hydroxylation is 2. The molecule has 4 aromatic heterocycles. The maximum atomic E-state index is 5.69. The van der Waals surface area contributed by atoms with Gasteiger partial charge in [0.05, 0.1) is 11.7 Å². The molecule has 9 heteroatoms. The Kier molecular flexibility index (Phi) is 4.62. The van der Waals surface area contributed by atoms with Crippen LogP contribution < -0.4 is 10.2 Å². The van der Waals surface area contributed by atoms with Crippen LogP contribution >= 0.6 is 0 Å². The summed E-state index contributed by atoms with van der Waals surface area (Å²) in [6, 6.07) is 11.4. The van der Waals surface area contributed by atoms with Crippen molar-refractivity contribution in [1.29, 1.82) is 0 Å². The SMILES string of the molecule is Cc1cc(Nc2cc(C)on2)nc(N2CCCC2c2cc(-c3ccccn3)no2)n1. The highest BCUT2D eigenvalue weighted by Crippen LogP contribution is 2.36. The van der Waals surface area contributed by atoms with E-state index < -0.39 is 0 Å². The zero-order valence-electron chi connectivity index (χ0n) is 16.7. The van der Waals surface area contributed by atoms with Crippen LogP contribution in [0, 0.1) is 13.8 Å². The molecule has 0 aromatic carbocycles. The number of anilines is 3. The van der Waals surface area contributed by atoms with E-state index in [9.17, 15) is 0 Å². The predicted octanol–water partition coefficient (Wildman–Crippen LogP) is 4.22. The number of aromatic nitrogens is 5. The molecule has 152 valence electrons. The first-order valence-electron chi connectivity index (χ1n) is 9.86. The normalized spacial score (nSPS) is 16.2. The van der Waals surface area contributed by atoms with Crippen molar-refractivity contribution >= 4 is 17.6 Å². The number of rotatable bonds is 5. The van der Waals surface area contributed by atoms with Crippen molar-refractivity contribution in [3.8, 4) is 11.4 Å². The molecule has 0 radical (unpaired) electrons. The van der Waals surface area contributed by atoms with E-state index in [1.54, 1.807) is 6.20 Å². The van der Waals surface area contributed by atoms with Gasteiger partial charge in [-0.15, -0.1) is 0 Å². The van der Waals surface area contributed by atoms with Gasteiger partial charge in [-0.3, -0.25) is 4.98 Å². The van der Waals surface area contributed by atoms with Crippen LogP contribution in [0.4, 0.5) is 17.6 Å². The highest BCUT2D eigenvalue weighted by Gasteiger charge is 2.32. The average molecular weight is 403 g/mol. The van der Waals surface area contributed by atoms with Crippen molar-refractivity contribution in [3.63, 3.8) is 0 Å². The molecule has 1 aliphatic rings. The van der Waals surface area contributed by atoms with Crippen molar-refractivity contribution in [3.05, 3.63) is 59.8 Å². The molecule has 1 unspecified atom stereocenters. The molecular weight excluding hydrogens is 382 g/mol. The molecule has 0 saturated carbocycles. The monoisotopic (exact) mass is 403 g/mol. The number of hydrogen-bond donors (Lipinski definition) is 1. The van der Waals surface area contributed by atoms with Gasteiger partial charge >= 0.3 is 0 Å². The maximum absolute atomic E-state index is 5.69. The topological polar surface area (TPSA) is 106 Å². The summed E-state index contributed by atoms with van der Waals surface area (Å²) in [6.45, 7) is 4.64. The van der Waals surface area contributed by atoms with Crippen molar-refractivity contribution < 1.29 is 9.05 Å². The van der Waals surface area contributed by atoms with Gasteiger partial charge in [-0.05, 0) is 38.8 Å². The Morgan fingerprint density at radius 3 is 2.73 bits per heavy atom. The van der Waals surface area contributed by atoms with Crippen LogP contribution in [0.25, 0.3) is 11.4 Å². The summed E-state index contributed by atoms with van der Waals surface area (Å²) < 4.78 is 10.8. The number of pyridine rings is 1. The lowest BCUT2D eigenvalue weighted by atomic mass is 10.1. The van der Waals surface area contributed by atoms with Gasteiger partial charge in [0.1, 0.15) is 17.3 Å². The second-order valence-corrected chi connectivity index (χ2v) is 7.32. The molecule has 4 aromatic rings. The van der Waals surface area contributed by atoms with Gasteiger partial charge in [0.2, 0.25) is 5.95 Å². The summed E-state index contributed by atoms with van der Waals surface area (Å²) >= 11 is 0. The molecule has 0 aliphatic carbocycles. The van der Waals surface area contributed by atoms with Crippen LogP contribution in [0.1, 0.15) is 36.1 Å². The van der Waals surface area contributed by atoms with E-state index >= 15 is 0 Å². The minimum atomic E-state index is 0.0268. The fraction of sp³-hybridized carbons (Fsp3) is 0.286. The molecule has 5 heterocycles. The summed E-state index contributed by atoms with van der Waals surface area (Å²) in [7, 11) is 0. The van der Waals surface area contributed by atoms with Gasteiger partial charge in [0, 0.05) is 36.6 Å². The number of nitrogens with zero attached hydrogens (tertiary/aromatic N) is 6. The first kappa shape index (κ1) is 18.3. The van der Waals surface area contributed by atoms with Crippen LogP contribution in [0.15, 0.2) is 51.6 Å². The average Bonchev–Trinajstić information content (AvgIpc) is 3.48. The maximum Gasteiger partial charge on any atom is 0.228 e. The smallest absolute Gasteiger partial charge is 0.228 e. The molecule has 1 fully saturated rings. The standard InChI is InChI=1S/C21H21N7O2/c1-13-10-19(24-20-11-14(2)29-27-20)25-21(23-13)28-9-5-7-17(28)18-12-16(26-30-18)15-6-3-4-8-22-15/h3-4,6,8,10-12,17H,5,7,9H2,1-2H3,(H,23,24,25,27). The number of hydrogen-bond acceptors (Lipinski definition) is 9. The lowest BCUT2D eigenvalue weighted by Crippen LogP contribution is -2.25. The summed E-state index contributed by atoms with van der Waals surface area (Å²) in [5.41, 5.74) is 2.38. The highest BCUT2D eigenvalue weighted by molar-refractivity contribution is 5.56. The fourth-order valence-electron chi connectivity index (χ4n) is 3.69. The van der Waals surface area contributed by atoms with Crippen molar-refractivity contribution in [2.75, 3.05) is 16.8 Å². The van der Waals surface area contributed by atoms with Gasteiger partial charge in [0.25, 0.3) is 0 Å². The second kappa shape index (κ2) is 7.58. The lowest BCUT2D eigenvalue weighted by molar-refractivity contribution is 0.362. The van der Waals surface area contributed by atoms with Crippen molar-refractivity contribution in [2.24, 2.45) is 0 Å². The van der Waals surface area contributed by atoms with Crippen LogP contribution in [-0.2, 0) is 0 Å². The molecule has 1 saturated heterocycles. The lowest BCUT2D eigenvalue weighted by Gasteiger charge is -2.23. The Labute approximate surface area is 173 Å². The molecule has 1 atom stereocenters. The van der Waals surface area contributed by atoms with Gasteiger partial charge in [0.15, 0.2) is 11.6 Å². The third-order valence-electron chi connectivity index (χ3n) is 5.02. The molecule has 9 nitrogen and oxygen atoms in total. The van der Waals surface area contributed by atoms with E-state index in [1.807, 2.05) is 50.2 Å². The molecule has 0 amide bonds. The Bertz CT molecular complexity index is 1160. The van der Waals surface area contributed by atoms with Crippen LogP contribution in [0.2, 0.25) is 0 Å². The van der Waals surface area contributed by atoms with E-state index in [-0.39, 0.29) is 6.04 Å². The van der Waals surface area contributed by atoms with E-state index in [2.05, 4.69) is 30.5 Å². The van der Waals surface area contributed by atoms with Crippen LogP contribution in [-0.4, -0.2) is 31.8 Å². The minimum Gasteiger partial charge on any atom is -0.360 e. The summed E-state index contributed by atoms with van der Waals surface area (Å²) in [5, 5.41) is 11.4. The Morgan fingerprint density at radius 1 is 1.00 bits per heavy atom. The first-order valence-corrected chi connectivity index (χ1v) is 9.86. The van der Waals surface area contributed by atoms with Crippen molar-refractivity contribution in [1.82, 2.24) is 25.3 Å². The molecular formula is C21H21N7O2. The predicted molar refractivity (Wildman–Crippen MR) is 110 cm³/mol. The van der Waals surface area contributed by atoms with Crippen LogP contribution in [0.3, 0.4) is 0 Å². The Morgan fingerprint density at radius 2 is 1.93 bits per heavy atom. The summed E-state index contributed by atoms with van der Waals surface area (Å²) in [4.78, 5) is 15.9. The van der Waals surface area contributed by atoms with E-state index in [0.29, 0.717) is 17.6 Å². The largest absolute Gasteiger partial charge is 0.360 e. The second-order valence-electron chi connectivity index (χ2n) is 7.32. The number of nitrogens with one attached hydrogen (secondary N) is 1. The third-order valence-corrected chi connectivity index (χ3v) is 5.02. The molecule has 0 spiro atoms. The van der Waals surface area contributed by atoms with E-state index in [0.717, 1.165) is 48.0 Å². The molecule has 1 N–H and O–H groups in total. The first-order chi connectivity index (χ1) is 14.7. The minimum absolute atomic E-state index is 0.0268. The summed E-state index contributed by atoms with van der Waals surface area (Å²) in [5.74, 6) is 3.46. The van der Waals surface area contributed by atoms with E-state index in [4.69, 9.17) is 14.0 Å². The third kappa shape index (κ3) is 3.61. The Balaban J connectivity index is 1.42. The van der Waals surface area contributed by atoms with Crippen LogP contribution in [0.5, 0.6) is 0 Å². The Hall–Kier alpha value is -3.75. The van der Waals surface area contributed by atoms with E-state index in [1.165, 1.54) is 0 Å². The highest BCUT2D eigenvalue weighted by atomic mass is 16.5. The zero-order valence-corrected chi connectivity index (χ0v) is 16.7. The molecule has 0 bridgehead atoms.